The van der Waals surface area contributed by atoms with Crippen molar-refractivity contribution in [3.8, 4) is 5.69 Å². The average molecular weight is 526 g/mol. The second-order valence-electron chi connectivity index (χ2n) is 8.12. The molecular formula is C26H25BrN2OS2. The topological polar surface area (TPSA) is 25.2 Å². The first-order valence-electron chi connectivity index (χ1n) is 10.5. The second kappa shape index (κ2) is 9.38. The Morgan fingerprint density at radius 2 is 1.69 bits per heavy atom. The molecule has 164 valence electrons. The van der Waals surface area contributed by atoms with E-state index >= 15 is 0 Å². The summed E-state index contributed by atoms with van der Waals surface area (Å²) in [7, 11) is 0. The predicted octanol–water partition coefficient (Wildman–Crippen LogP) is 6.92. The third-order valence-electron chi connectivity index (χ3n) is 5.78. The highest BCUT2D eigenvalue weighted by atomic mass is 79.9. The van der Waals surface area contributed by atoms with Crippen molar-refractivity contribution < 1.29 is 4.79 Å². The highest BCUT2D eigenvalue weighted by molar-refractivity contribution is 9.10. The van der Waals surface area contributed by atoms with Crippen molar-refractivity contribution in [3.05, 3.63) is 91.6 Å². The number of hydrogen-bond acceptors (Lipinski definition) is 3. The van der Waals surface area contributed by atoms with Crippen molar-refractivity contribution >= 4 is 56.2 Å². The first kappa shape index (κ1) is 23.0. The molecule has 0 saturated carbocycles. The lowest BCUT2D eigenvalue weighted by molar-refractivity contribution is -0.122. The number of thiocarbonyl (C=S) groups is 1. The maximum Gasteiger partial charge on any atom is 0.266 e. The van der Waals surface area contributed by atoms with Gasteiger partial charge in [0.1, 0.15) is 4.32 Å². The minimum Gasteiger partial charge on any atom is -0.318 e. The largest absolute Gasteiger partial charge is 0.318 e. The van der Waals surface area contributed by atoms with Gasteiger partial charge in [0.05, 0.1) is 4.91 Å². The summed E-state index contributed by atoms with van der Waals surface area (Å²) in [5.74, 6) is -0.00364. The predicted molar refractivity (Wildman–Crippen MR) is 142 cm³/mol. The number of carbonyl (C=O) groups is 1. The SMILES string of the molecule is Cc1cc(-n2c(C)cc(/C=C3\SC(=S)N(CCc4ccccc4)C3=O)c2C)cc(C)c1Br. The summed E-state index contributed by atoms with van der Waals surface area (Å²) in [4.78, 5) is 15.5. The van der Waals surface area contributed by atoms with Gasteiger partial charge < -0.3 is 4.57 Å². The summed E-state index contributed by atoms with van der Waals surface area (Å²) in [6.07, 6.45) is 2.77. The van der Waals surface area contributed by atoms with E-state index in [4.69, 9.17) is 12.2 Å². The minimum atomic E-state index is -0.00364. The molecule has 1 aliphatic rings. The Kier molecular flexibility index (Phi) is 6.75. The standard InChI is InChI=1S/C26H25BrN2OS2/c1-16-12-22(13-17(2)24(16)27)29-18(3)14-21(19(29)4)15-23-25(30)28(26(31)32-23)11-10-20-8-6-5-7-9-20/h5-9,12-15H,10-11H2,1-4H3/b23-15-. The summed E-state index contributed by atoms with van der Waals surface area (Å²) >= 11 is 10.6. The summed E-state index contributed by atoms with van der Waals surface area (Å²) < 4.78 is 4.02. The van der Waals surface area contributed by atoms with Crippen LogP contribution in [-0.4, -0.2) is 26.2 Å². The quantitative estimate of drug-likeness (QED) is 0.267. The number of aryl methyl sites for hydroxylation is 3. The molecule has 6 heteroatoms. The monoisotopic (exact) mass is 524 g/mol. The lowest BCUT2D eigenvalue weighted by Gasteiger charge is -2.14. The number of halogens is 1. The molecule has 1 fully saturated rings. The van der Waals surface area contributed by atoms with Crippen LogP contribution in [0.4, 0.5) is 0 Å². The second-order valence-corrected chi connectivity index (χ2v) is 10.6. The van der Waals surface area contributed by atoms with Crippen LogP contribution in [0.1, 0.15) is 33.6 Å². The molecule has 2 aromatic carbocycles. The Morgan fingerprint density at radius 1 is 1.03 bits per heavy atom. The molecule has 0 atom stereocenters. The van der Waals surface area contributed by atoms with Crippen molar-refractivity contribution in [2.75, 3.05) is 6.54 Å². The molecular weight excluding hydrogens is 500 g/mol. The number of benzene rings is 2. The first-order chi connectivity index (χ1) is 15.3. The molecule has 0 radical (unpaired) electrons. The molecule has 0 aliphatic carbocycles. The zero-order valence-electron chi connectivity index (χ0n) is 18.6. The van der Waals surface area contributed by atoms with E-state index in [0.717, 1.165) is 33.5 Å². The molecule has 3 aromatic rings. The van der Waals surface area contributed by atoms with Crippen LogP contribution in [0.3, 0.4) is 0 Å². The van der Waals surface area contributed by atoms with Gasteiger partial charge in [0.25, 0.3) is 5.91 Å². The number of amides is 1. The Balaban J connectivity index is 1.60. The normalized spacial score (nSPS) is 15.3. The van der Waals surface area contributed by atoms with Crippen molar-refractivity contribution in [2.45, 2.75) is 34.1 Å². The van der Waals surface area contributed by atoms with Crippen LogP contribution >= 0.6 is 39.9 Å². The van der Waals surface area contributed by atoms with Gasteiger partial charge in [-0.15, -0.1) is 0 Å². The number of hydrogen-bond donors (Lipinski definition) is 0. The third-order valence-corrected chi connectivity index (χ3v) is 8.41. The highest BCUT2D eigenvalue weighted by Crippen LogP contribution is 2.34. The van der Waals surface area contributed by atoms with E-state index in [1.807, 2.05) is 24.3 Å². The van der Waals surface area contributed by atoms with Gasteiger partial charge in [-0.1, -0.05) is 70.2 Å². The van der Waals surface area contributed by atoms with Gasteiger partial charge in [0.2, 0.25) is 0 Å². The van der Waals surface area contributed by atoms with Crippen molar-refractivity contribution in [1.82, 2.24) is 9.47 Å². The smallest absolute Gasteiger partial charge is 0.266 e. The van der Waals surface area contributed by atoms with Crippen molar-refractivity contribution in [1.29, 1.82) is 0 Å². The molecule has 2 heterocycles. The first-order valence-corrected chi connectivity index (χ1v) is 12.5. The van der Waals surface area contributed by atoms with Crippen LogP contribution in [0.25, 0.3) is 11.8 Å². The number of aromatic nitrogens is 1. The maximum atomic E-state index is 13.1. The number of thioether (sulfide) groups is 1. The summed E-state index contributed by atoms with van der Waals surface area (Å²) in [5, 5.41) is 0. The summed E-state index contributed by atoms with van der Waals surface area (Å²) in [6, 6.07) is 16.7. The van der Waals surface area contributed by atoms with Crippen molar-refractivity contribution in [2.24, 2.45) is 0 Å². The summed E-state index contributed by atoms with van der Waals surface area (Å²) in [5.41, 5.74) is 8.03. The highest BCUT2D eigenvalue weighted by Gasteiger charge is 2.32. The molecule has 1 saturated heterocycles. The number of nitrogens with zero attached hydrogens (tertiary/aromatic N) is 2. The van der Waals surface area contributed by atoms with Crippen molar-refractivity contribution in [3.63, 3.8) is 0 Å². The lowest BCUT2D eigenvalue weighted by Crippen LogP contribution is -2.30. The molecule has 0 unspecified atom stereocenters. The maximum absolute atomic E-state index is 13.1. The number of rotatable bonds is 5. The Labute approximate surface area is 207 Å². The fourth-order valence-electron chi connectivity index (χ4n) is 4.10. The van der Waals surface area contributed by atoms with E-state index < -0.39 is 0 Å². The van der Waals surface area contributed by atoms with Gasteiger partial charge in [-0.3, -0.25) is 9.69 Å². The molecule has 0 spiro atoms. The molecule has 0 bridgehead atoms. The molecule has 0 N–H and O–H groups in total. The minimum absolute atomic E-state index is 0.00364. The van der Waals surface area contributed by atoms with E-state index in [2.05, 4.69) is 78.5 Å². The zero-order chi connectivity index (χ0) is 23.0. The molecule has 4 rings (SSSR count). The number of carbonyl (C=O) groups excluding carboxylic acids is 1. The van der Waals surface area contributed by atoms with Crippen LogP contribution in [0, 0.1) is 27.7 Å². The van der Waals surface area contributed by atoms with Gasteiger partial charge in [-0.05, 0) is 80.6 Å². The van der Waals surface area contributed by atoms with E-state index in [-0.39, 0.29) is 5.91 Å². The molecule has 3 nitrogen and oxygen atoms in total. The van der Waals surface area contributed by atoms with Crippen LogP contribution in [0.2, 0.25) is 0 Å². The van der Waals surface area contributed by atoms with Crippen LogP contribution in [-0.2, 0) is 11.2 Å². The lowest BCUT2D eigenvalue weighted by atomic mass is 10.1. The van der Waals surface area contributed by atoms with E-state index in [1.165, 1.54) is 28.5 Å². The molecule has 1 aromatic heterocycles. The van der Waals surface area contributed by atoms with E-state index in [1.54, 1.807) is 4.90 Å². The molecule has 32 heavy (non-hydrogen) atoms. The summed E-state index contributed by atoms with van der Waals surface area (Å²) in [6.45, 7) is 9.01. The van der Waals surface area contributed by atoms with Gasteiger partial charge in [-0.25, -0.2) is 0 Å². The van der Waals surface area contributed by atoms with Crippen LogP contribution < -0.4 is 0 Å². The van der Waals surface area contributed by atoms with E-state index in [0.29, 0.717) is 15.8 Å². The Hall–Kier alpha value is -2.15. The fraction of sp³-hybridized carbons (Fsp3) is 0.231. The van der Waals surface area contributed by atoms with Gasteiger partial charge in [0, 0.05) is 28.1 Å². The van der Waals surface area contributed by atoms with Crippen LogP contribution in [0.15, 0.2) is 57.9 Å². The molecule has 1 aliphatic heterocycles. The third kappa shape index (κ3) is 4.49. The Morgan fingerprint density at radius 3 is 2.34 bits per heavy atom. The van der Waals surface area contributed by atoms with Crippen LogP contribution in [0.5, 0.6) is 0 Å². The van der Waals surface area contributed by atoms with Gasteiger partial charge >= 0.3 is 0 Å². The fourth-order valence-corrected chi connectivity index (χ4v) is 5.63. The Bertz CT molecular complexity index is 1220. The zero-order valence-corrected chi connectivity index (χ0v) is 21.8. The van der Waals surface area contributed by atoms with Gasteiger partial charge in [-0.2, -0.15) is 0 Å². The molecule has 1 amide bonds. The van der Waals surface area contributed by atoms with E-state index in [9.17, 15) is 4.79 Å². The average Bonchev–Trinajstić information content (AvgIpc) is 3.19. The van der Waals surface area contributed by atoms with Gasteiger partial charge in [0.15, 0.2) is 0 Å².